The molecule has 2 rings (SSSR count). The normalized spacial score (nSPS) is 10.2. The van der Waals surface area contributed by atoms with Gasteiger partial charge < -0.3 is 14.6 Å². The van der Waals surface area contributed by atoms with Crippen molar-refractivity contribution in [3.05, 3.63) is 65.2 Å². The number of phenols is 1. The smallest absolute Gasteiger partial charge is 0.337 e. The van der Waals surface area contributed by atoms with Crippen LogP contribution in [0.3, 0.4) is 0 Å². The molecule has 0 bridgehead atoms. The second-order valence-corrected chi connectivity index (χ2v) is 6.88. The van der Waals surface area contributed by atoms with Gasteiger partial charge in [-0.15, -0.1) is 0 Å². The Bertz CT molecular complexity index is 789. The number of phenolic OH excluding ortho intramolecular Hbond substituents is 1. The summed E-state index contributed by atoms with van der Waals surface area (Å²) in [5.74, 6) is -0.236. The van der Waals surface area contributed by atoms with Crippen LogP contribution in [0.25, 0.3) is 0 Å². The number of ether oxygens (including phenoxy) is 2. The van der Waals surface area contributed by atoms with E-state index in [-0.39, 0.29) is 11.9 Å². The van der Waals surface area contributed by atoms with Crippen molar-refractivity contribution in [2.24, 2.45) is 0 Å². The van der Waals surface area contributed by atoms with E-state index in [0.717, 1.165) is 43.5 Å². The minimum absolute atomic E-state index is 0.191. The van der Waals surface area contributed by atoms with E-state index in [4.69, 9.17) is 9.47 Å². The van der Waals surface area contributed by atoms with Gasteiger partial charge in [0.25, 0.3) is 0 Å². The number of aromatic hydroxyl groups is 1. The van der Waals surface area contributed by atoms with Gasteiger partial charge in [0.05, 0.1) is 19.8 Å². The standard InChI is InChI=1S/C23H29NO5.C2H6/c1-28-22(26)9-5-6-15-24(16-14-19-7-3-4-8-21(19)25)17-18-10-12-20(13-11-18)23(27)29-2;1-2/h3-4,7-8,10-13,25H,5-6,9,14-17H2,1-2H3;1-2H3. The molecule has 0 aliphatic rings. The maximum atomic E-state index is 11.6. The van der Waals surface area contributed by atoms with E-state index in [1.165, 1.54) is 14.2 Å². The van der Waals surface area contributed by atoms with Crippen LogP contribution in [0.1, 0.15) is 54.6 Å². The number of rotatable bonds is 11. The van der Waals surface area contributed by atoms with Gasteiger partial charge in [-0.05, 0) is 55.1 Å². The van der Waals surface area contributed by atoms with Gasteiger partial charge >= 0.3 is 11.9 Å². The first-order chi connectivity index (χ1) is 15.0. The fourth-order valence-electron chi connectivity index (χ4n) is 3.10. The van der Waals surface area contributed by atoms with Gasteiger partial charge in [0, 0.05) is 19.5 Å². The van der Waals surface area contributed by atoms with Crippen LogP contribution in [-0.2, 0) is 27.2 Å². The molecule has 31 heavy (non-hydrogen) atoms. The molecule has 0 amide bonds. The Labute approximate surface area is 185 Å². The Hall–Kier alpha value is -2.86. The van der Waals surface area contributed by atoms with Crippen molar-refractivity contribution in [3.8, 4) is 5.75 Å². The SMILES string of the molecule is CC.COC(=O)CCCCN(CCc1ccccc1O)Cc1ccc(C(=O)OC)cc1. The van der Waals surface area contributed by atoms with Crippen LogP contribution >= 0.6 is 0 Å². The van der Waals surface area contributed by atoms with Gasteiger partial charge in [0.15, 0.2) is 0 Å². The summed E-state index contributed by atoms with van der Waals surface area (Å²) in [7, 11) is 2.77. The van der Waals surface area contributed by atoms with Gasteiger partial charge in [-0.1, -0.05) is 44.2 Å². The van der Waals surface area contributed by atoms with Crippen molar-refractivity contribution >= 4 is 11.9 Å². The number of carbonyl (C=O) groups excluding carboxylic acids is 2. The maximum absolute atomic E-state index is 11.6. The minimum Gasteiger partial charge on any atom is -0.508 e. The maximum Gasteiger partial charge on any atom is 0.337 e. The largest absolute Gasteiger partial charge is 0.508 e. The number of methoxy groups -OCH3 is 2. The molecule has 0 saturated carbocycles. The van der Waals surface area contributed by atoms with Crippen LogP contribution in [-0.4, -0.2) is 49.3 Å². The molecule has 6 nitrogen and oxygen atoms in total. The molecule has 170 valence electrons. The predicted molar refractivity (Wildman–Crippen MR) is 122 cm³/mol. The molecular weight excluding hydrogens is 394 g/mol. The molecule has 0 radical (unpaired) electrons. The fourth-order valence-corrected chi connectivity index (χ4v) is 3.10. The van der Waals surface area contributed by atoms with Gasteiger partial charge in [-0.25, -0.2) is 4.79 Å². The third kappa shape index (κ3) is 9.66. The molecule has 0 fully saturated rings. The van der Waals surface area contributed by atoms with E-state index in [2.05, 4.69) is 4.90 Å². The number of carbonyl (C=O) groups is 2. The third-order valence-corrected chi connectivity index (χ3v) is 4.80. The van der Waals surface area contributed by atoms with Crippen molar-refractivity contribution in [3.63, 3.8) is 0 Å². The predicted octanol–water partition coefficient (Wildman–Crippen LogP) is 4.59. The summed E-state index contributed by atoms with van der Waals surface area (Å²) >= 11 is 0. The molecule has 2 aromatic rings. The summed E-state index contributed by atoms with van der Waals surface area (Å²) < 4.78 is 9.43. The highest BCUT2D eigenvalue weighted by Crippen LogP contribution is 2.17. The zero-order valence-corrected chi connectivity index (χ0v) is 19.1. The second kappa shape index (κ2) is 15.0. The molecule has 0 aliphatic carbocycles. The Kier molecular flexibility index (Phi) is 12.7. The fraction of sp³-hybridized carbons (Fsp3) is 0.440. The van der Waals surface area contributed by atoms with E-state index in [1.807, 2.05) is 44.2 Å². The van der Waals surface area contributed by atoms with Crippen LogP contribution < -0.4 is 0 Å². The molecule has 0 unspecified atom stereocenters. The van der Waals surface area contributed by atoms with Crippen molar-refractivity contribution in [1.29, 1.82) is 0 Å². The summed E-state index contributed by atoms with van der Waals surface area (Å²) in [6.07, 6.45) is 2.78. The minimum atomic E-state index is -0.351. The van der Waals surface area contributed by atoms with E-state index in [9.17, 15) is 14.7 Å². The second-order valence-electron chi connectivity index (χ2n) is 6.88. The van der Waals surface area contributed by atoms with Gasteiger partial charge in [-0.3, -0.25) is 9.69 Å². The Balaban J connectivity index is 0.00000233. The summed E-state index contributed by atoms with van der Waals surface area (Å²) in [6, 6.07) is 14.7. The van der Waals surface area contributed by atoms with Crippen LogP contribution in [0.4, 0.5) is 0 Å². The Morgan fingerprint density at radius 2 is 1.58 bits per heavy atom. The number of hydrogen-bond donors (Lipinski definition) is 1. The monoisotopic (exact) mass is 429 g/mol. The molecule has 1 N–H and O–H groups in total. The summed E-state index contributed by atoms with van der Waals surface area (Å²) in [4.78, 5) is 25.2. The molecule has 0 heterocycles. The Morgan fingerprint density at radius 1 is 0.903 bits per heavy atom. The molecule has 0 aromatic heterocycles. The van der Waals surface area contributed by atoms with Crippen molar-refractivity contribution in [2.75, 3.05) is 27.3 Å². The lowest BCUT2D eigenvalue weighted by Crippen LogP contribution is -2.27. The van der Waals surface area contributed by atoms with E-state index < -0.39 is 0 Å². The van der Waals surface area contributed by atoms with Crippen LogP contribution in [0.5, 0.6) is 5.75 Å². The summed E-state index contributed by atoms with van der Waals surface area (Å²) in [6.45, 7) is 6.31. The van der Waals surface area contributed by atoms with Crippen LogP contribution in [0, 0.1) is 0 Å². The highest BCUT2D eigenvalue weighted by atomic mass is 16.5. The number of para-hydroxylation sites is 1. The lowest BCUT2D eigenvalue weighted by molar-refractivity contribution is -0.140. The van der Waals surface area contributed by atoms with E-state index >= 15 is 0 Å². The molecule has 0 saturated heterocycles. The average molecular weight is 430 g/mol. The quantitative estimate of drug-likeness (QED) is 0.416. The highest BCUT2D eigenvalue weighted by molar-refractivity contribution is 5.89. The molecule has 0 atom stereocenters. The number of unbranched alkanes of at least 4 members (excludes halogenated alkanes) is 1. The number of nitrogens with zero attached hydrogens (tertiary/aromatic N) is 1. The molecule has 6 heteroatoms. The van der Waals surface area contributed by atoms with Gasteiger partial charge in [0.1, 0.15) is 5.75 Å². The summed E-state index contributed by atoms with van der Waals surface area (Å²) in [5, 5.41) is 10.0. The van der Waals surface area contributed by atoms with Gasteiger partial charge in [0.2, 0.25) is 0 Å². The lowest BCUT2D eigenvalue weighted by Gasteiger charge is -2.23. The Morgan fingerprint density at radius 3 is 2.19 bits per heavy atom. The molecular formula is C25H35NO5. The third-order valence-electron chi connectivity index (χ3n) is 4.80. The molecule has 0 spiro atoms. The van der Waals surface area contributed by atoms with Crippen molar-refractivity contribution in [1.82, 2.24) is 4.90 Å². The first-order valence-electron chi connectivity index (χ1n) is 10.8. The van der Waals surface area contributed by atoms with Crippen molar-refractivity contribution < 1.29 is 24.2 Å². The number of hydrogen-bond acceptors (Lipinski definition) is 6. The summed E-state index contributed by atoms with van der Waals surface area (Å²) in [5.41, 5.74) is 2.52. The first kappa shape index (κ1) is 26.2. The van der Waals surface area contributed by atoms with Crippen LogP contribution in [0.15, 0.2) is 48.5 Å². The number of benzene rings is 2. The molecule has 0 aliphatic heterocycles. The number of esters is 2. The van der Waals surface area contributed by atoms with Crippen molar-refractivity contribution in [2.45, 2.75) is 46.1 Å². The van der Waals surface area contributed by atoms with Gasteiger partial charge in [-0.2, -0.15) is 0 Å². The zero-order chi connectivity index (χ0) is 23.1. The van der Waals surface area contributed by atoms with Crippen LogP contribution in [0.2, 0.25) is 0 Å². The van der Waals surface area contributed by atoms with E-state index in [0.29, 0.717) is 24.3 Å². The van der Waals surface area contributed by atoms with E-state index in [1.54, 1.807) is 18.2 Å². The molecule has 2 aromatic carbocycles. The average Bonchev–Trinajstić information content (AvgIpc) is 2.82. The first-order valence-corrected chi connectivity index (χ1v) is 10.8. The topological polar surface area (TPSA) is 76.1 Å². The lowest BCUT2D eigenvalue weighted by atomic mass is 10.1. The highest BCUT2D eigenvalue weighted by Gasteiger charge is 2.11. The zero-order valence-electron chi connectivity index (χ0n) is 19.1.